The molecule has 10 heteroatoms. The molecule has 3 N–H and O–H groups in total. The highest BCUT2D eigenvalue weighted by Gasteiger charge is 2.42. The average molecular weight is 516 g/mol. The number of carboxylic acid groups (broad SMARTS) is 1. The summed E-state index contributed by atoms with van der Waals surface area (Å²) in [6.07, 6.45) is 0.998. The van der Waals surface area contributed by atoms with Crippen LogP contribution in [0.15, 0.2) is 75.1 Å². The molecule has 1 aromatic heterocycles. The van der Waals surface area contributed by atoms with Crippen molar-refractivity contribution < 1.29 is 32.7 Å². The number of halogens is 3. The molecular weight excluding hydrogens is 487 g/mol. The van der Waals surface area contributed by atoms with Crippen molar-refractivity contribution in [2.24, 2.45) is 0 Å². The van der Waals surface area contributed by atoms with Crippen LogP contribution in [0.4, 0.5) is 13.2 Å². The fraction of sp³-hybridized carbons (Fsp3) is 0.370. The van der Waals surface area contributed by atoms with E-state index in [4.69, 9.17) is 9.63 Å². The van der Waals surface area contributed by atoms with Gasteiger partial charge in [-0.05, 0) is 62.8 Å². The summed E-state index contributed by atoms with van der Waals surface area (Å²) in [6.45, 7) is 5.19. The summed E-state index contributed by atoms with van der Waals surface area (Å²) < 4.78 is 47.5. The van der Waals surface area contributed by atoms with E-state index in [2.05, 4.69) is 15.5 Å². The summed E-state index contributed by atoms with van der Waals surface area (Å²) in [5.74, 6) is -2.27. The molecule has 1 unspecified atom stereocenters. The standard InChI is InChI=1S/C27H28F3N3O4/c1-14-6-4-5-7-19(14)20-13-23(34)21(12-22(20)27(28,29)30)25-32-24(33-37-25)18-10-8-17(9-11-18)15(2)31-16(3)26(35)36/h5,7-11,13,15-16,21,31,34H,4,6,12H2,1-3H3,(H,35,36)/t15-,16-,21?/m1/s1. The van der Waals surface area contributed by atoms with Crippen LogP contribution in [0.1, 0.15) is 63.4 Å². The number of hydrogen-bond acceptors (Lipinski definition) is 6. The minimum Gasteiger partial charge on any atom is -0.511 e. The number of alkyl halides is 3. The largest absolute Gasteiger partial charge is 0.511 e. The van der Waals surface area contributed by atoms with E-state index < -0.39 is 36.1 Å². The zero-order valence-corrected chi connectivity index (χ0v) is 20.6. The number of aliphatic hydroxyl groups excluding tert-OH is 1. The first-order valence-corrected chi connectivity index (χ1v) is 12.0. The van der Waals surface area contributed by atoms with E-state index in [1.54, 1.807) is 44.2 Å². The first-order chi connectivity index (χ1) is 17.5. The van der Waals surface area contributed by atoms with Gasteiger partial charge in [0.05, 0.1) is 5.92 Å². The first kappa shape index (κ1) is 26.4. The van der Waals surface area contributed by atoms with Crippen molar-refractivity contribution in [3.63, 3.8) is 0 Å². The number of aliphatic carboxylic acids is 1. The number of nitrogens with zero attached hydrogens (tertiary/aromatic N) is 2. The molecular formula is C27H28F3N3O4. The lowest BCUT2D eigenvalue weighted by Gasteiger charge is -2.26. The fourth-order valence-electron chi connectivity index (χ4n) is 4.53. The molecule has 1 aromatic carbocycles. The van der Waals surface area contributed by atoms with Crippen LogP contribution in [0.5, 0.6) is 0 Å². The molecule has 196 valence electrons. The molecule has 0 saturated carbocycles. The maximum Gasteiger partial charge on any atom is 0.413 e. The third-order valence-corrected chi connectivity index (χ3v) is 6.72. The smallest absolute Gasteiger partial charge is 0.413 e. The van der Waals surface area contributed by atoms with E-state index in [-0.39, 0.29) is 29.1 Å². The Balaban J connectivity index is 1.57. The highest BCUT2D eigenvalue weighted by Crippen LogP contribution is 2.45. The van der Waals surface area contributed by atoms with Gasteiger partial charge in [0.1, 0.15) is 11.8 Å². The summed E-state index contributed by atoms with van der Waals surface area (Å²) in [5, 5.41) is 26.7. The van der Waals surface area contributed by atoms with Crippen molar-refractivity contribution in [2.75, 3.05) is 0 Å². The molecule has 7 nitrogen and oxygen atoms in total. The van der Waals surface area contributed by atoms with Crippen molar-refractivity contribution in [3.05, 3.63) is 82.0 Å². The van der Waals surface area contributed by atoms with E-state index in [1.165, 1.54) is 0 Å². The van der Waals surface area contributed by atoms with Gasteiger partial charge in [0, 0.05) is 17.2 Å². The second-order valence-corrected chi connectivity index (χ2v) is 9.38. The molecule has 0 amide bonds. The predicted molar refractivity (Wildman–Crippen MR) is 131 cm³/mol. The van der Waals surface area contributed by atoms with Gasteiger partial charge in [0.15, 0.2) is 0 Å². The van der Waals surface area contributed by atoms with Crippen molar-refractivity contribution in [1.29, 1.82) is 0 Å². The Morgan fingerprint density at radius 2 is 1.89 bits per heavy atom. The van der Waals surface area contributed by atoms with Gasteiger partial charge in [-0.1, -0.05) is 47.1 Å². The topological polar surface area (TPSA) is 108 Å². The molecule has 1 heterocycles. The Morgan fingerprint density at radius 1 is 1.19 bits per heavy atom. The van der Waals surface area contributed by atoms with Gasteiger partial charge < -0.3 is 14.7 Å². The number of benzene rings is 1. The summed E-state index contributed by atoms with van der Waals surface area (Å²) in [4.78, 5) is 15.3. The fourth-order valence-corrected chi connectivity index (χ4v) is 4.53. The molecule has 0 saturated heterocycles. The maximum absolute atomic E-state index is 14.1. The van der Waals surface area contributed by atoms with Crippen LogP contribution in [0, 0.1) is 0 Å². The molecule has 37 heavy (non-hydrogen) atoms. The van der Waals surface area contributed by atoms with Gasteiger partial charge in [0.25, 0.3) is 0 Å². The molecule has 2 aliphatic rings. The van der Waals surface area contributed by atoms with E-state index >= 15 is 0 Å². The summed E-state index contributed by atoms with van der Waals surface area (Å²) in [7, 11) is 0. The molecule has 2 aliphatic carbocycles. The normalized spacial score (nSPS) is 20.2. The molecule has 0 fully saturated rings. The van der Waals surface area contributed by atoms with Crippen molar-refractivity contribution in [3.8, 4) is 11.4 Å². The van der Waals surface area contributed by atoms with E-state index in [0.29, 0.717) is 17.6 Å². The van der Waals surface area contributed by atoms with Gasteiger partial charge in [-0.15, -0.1) is 0 Å². The quantitative estimate of drug-likeness (QED) is 0.396. The zero-order chi connectivity index (χ0) is 26.9. The van der Waals surface area contributed by atoms with Crippen LogP contribution < -0.4 is 5.32 Å². The van der Waals surface area contributed by atoms with E-state index in [1.807, 2.05) is 13.0 Å². The monoisotopic (exact) mass is 515 g/mol. The lowest BCUT2D eigenvalue weighted by atomic mass is 9.81. The summed E-state index contributed by atoms with van der Waals surface area (Å²) in [5.41, 5.74) is 1.96. The number of carboxylic acids is 1. The molecule has 3 atom stereocenters. The van der Waals surface area contributed by atoms with E-state index in [0.717, 1.165) is 23.6 Å². The first-order valence-electron chi connectivity index (χ1n) is 12.0. The van der Waals surface area contributed by atoms with Crippen LogP contribution in [0.2, 0.25) is 0 Å². The number of nitrogens with one attached hydrogen (secondary N) is 1. The van der Waals surface area contributed by atoms with Crippen LogP contribution >= 0.6 is 0 Å². The maximum atomic E-state index is 14.1. The SMILES string of the molecule is CC1=C(C2=C(C(F)(F)F)CC(c3nc(-c4ccc([C@@H](C)N[C@H](C)C(=O)O)cc4)no3)C(O)=C2)C=CCC1. The molecule has 0 spiro atoms. The van der Waals surface area contributed by atoms with Crippen LogP contribution in [0.25, 0.3) is 11.4 Å². The number of rotatable bonds is 7. The molecule has 4 rings (SSSR count). The van der Waals surface area contributed by atoms with Gasteiger partial charge in [0.2, 0.25) is 11.7 Å². The second kappa shape index (κ2) is 10.4. The van der Waals surface area contributed by atoms with Gasteiger partial charge in [-0.2, -0.15) is 18.2 Å². The number of allylic oxidation sites excluding steroid dienone is 8. The minimum atomic E-state index is -4.59. The van der Waals surface area contributed by atoms with Crippen LogP contribution in [0.3, 0.4) is 0 Å². The molecule has 0 aliphatic heterocycles. The number of hydrogen-bond donors (Lipinski definition) is 3. The molecule has 2 aromatic rings. The van der Waals surface area contributed by atoms with Gasteiger partial charge >= 0.3 is 12.1 Å². The highest BCUT2D eigenvalue weighted by atomic mass is 19.4. The summed E-state index contributed by atoms with van der Waals surface area (Å²) >= 11 is 0. The second-order valence-electron chi connectivity index (χ2n) is 9.38. The lowest BCUT2D eigenvalue weighted by Crippen LogP contribution is -2.35. The number of aliphatic hydroxyl groups is 1. The molecule has 0 radical (unpaired) electrons. The zero-order valence-electron chi connectivity index (χ0n) is 20.6. The molecule has 0 bridgehead atoms. The third kappa shape index (κ3) is 5.69. The Hall–Kier alpha value is -3.66. The lowest BCUT2D eigenvalue weighted by molar-refractivity contribution is -0.139. The number of aromatic nitrogens is 2. The van der Waals surface area contributed by atoms with Crippen molar-refractivity contribution >= 4 is 5.97 Å². The summed E-state index contributed by atoms with van der Waals surface area (Å²) in [6, 6.07) is 6.03. The van der Waals surface area contributed by atoms with Crippen LogP contribution in [-0.2, 0) is 4.79 Å². The highest BCUT2D eigenvalue weighted by molar-refractivity contribution is 5.72. The Labute approximate surface area is 212 Å². The number of carbonyl (C=O) groups is 1. The minimum absolute atomic E-state index is 0.0232. The Morgan fingerprint density at radius 3 is 2.51 bits per heavy atom. The Kier molecular flexibility index (Phi) is 7.40. The van der Waals surface area contributed by atoms with Crippen LogP contribution in [-0.4, -0.2) is 38.5 Å². The van der Waals surface area contributed by atoms with Gasteiger partial charge in [-0.3, -0.25) is 10.1 Å². The van der Waals surface area contributed by atoms with Crippen molar-refractivity contribution in [2.45, 2.75) is 64.2 Å². The average Bonchev–Trinajstić information content (AvgIpc) is 3.33. The third-order valence-electron chi connectivity index (χ3n) is 6.72. The van der Waals surface area contributed by atoms with Crippen molar-refractivity contribution in [1.82, 2.24) is 15.5 Å². The van der Waals surface area contributed by atoms with E-state index in [9.17, 15) is 23.1 Å². The van der Waals surface area contributed by atoms with Gasteiger partial charge in [-0.25, -0.2) is 0 Å². The Bertz CT molecular complexity index is 1300. The predicted octanol–water partition coefficient (Wildman–Crippen LogP) is 6.31.